The summed E-state index contributed by atoms with van der Waals surface area (Å²) in [6, 6.07) is 28.1. The highest BCUT2D eigenvalue weighted by Gasteiger charge is 2.63. The fraction of sp³-hybridized carbons (Fsp3) is 0.355. The zero-order valence-electron chi connectivity index (χ0n) is 20.7. The number of amides is 2. The molecule has 184 valence electrons. The van der Waals surface area contributed by atoms with Crippen LogP contribution in [-0.4, -0.2) is 34.4 Å². The summed E-state index contributed by atoms with van der Waals surface area (Å²) >= 11 is 0. The van der Waals surface area contributed by atoms with E-state index in [1.165, 1.54) is 0 Å². The number of piperidine rings is 1. The van der Waals surface area contributed by atoms with Gasteiger partial charge in [-0.1, -0.05) is 85.3 Å². The minimum atomic E-state index is -0.760. The van der Waals surface area contributed by atoms with Crippen molar-refractivity contribution >= 4 is 11.8 Å². The Balaban J connectivity index is 1.43. The summed E-state index contributed by atoms with van der Waals surface area (Å²) in [6.07, 6.45) is 3.88. The van der Waals surface area contributed by atoms with Crippen molar-refractivity contribution in [2.75, 3.05) is 7.05 Å². The average Bonchev–Trinajstić information content (AvgIpc) is 2.92. The molecule has 1 aliphatic carbocycles. The number of rotatable bonds is 5. The second-order valence-corrected chi connectivity index (χ2v) is 10.4. The van der Waals surface area contributed by atoms with Crippen LogP contribution in [0.4, 0.5) is 0 Å². The van der Waals surface area contributed by atoms with E-state index in [0.29, 0.717) is 13.1 Å². The number of likely N-dealkylation sites (tertiary alicyclic amines) is 1. The Labute approximate surface area is 212 Å². The van der Waals surface area contributed by atoms with Crippen LogP contribution in [0.25, 0.3) is 0 Å². The Morgan fingerprint density at radius 3 is 2.19 bits per heavy atom. The zero-order valence-corrected chi connectivity index (χ0v) is 20.7. The molecular weight excluding hydrogens is 448 g/mol. The van der Waals surface area contributed by atoms with Crippen molar-refractivity contribution in [1.82, 2.24) is 9.80 Å². The van der Waals surface area contributed by atoms with Crippen LogP contribution in [0.15, 0.2) is 84.9 Å². The van der Waals surface area contributed by atoms with E-state index in [1.807, 2.05) is 90.8 Å². The Kier molecular flexibility index (Phi) is 5.79. The molecule has 2 amide bonds. The van der Waals surface area contributed by atoms with Crippen LogP contribution in [0.5, 0.6) is 5.75 Å². The molecule has 0 spiro atoms. The first kappa shape index (κ1) is 22.8. The number of ether oxygens (including phenoxy) is 1. The third-order valence-corrected chi connectivity index (χ3v) is 8.41. The minimum absolute atomic E-state index is 0.0968. The lowest BCUT2D eigenvalue weighted by molar-refractivity contribution is -0.203. The molecule has 0 N–H and O–H groups in total. The summed E-state index contributed by atoms with van der Waals surface area (Å²) in [5, 5.41) is 0. The quantitative estimate of drug-likeness (QED) is 0.462. The van der Waals surface area contributed by atoms with Crippen LogP contribution in [0.3, 0.4) is 0 Å². The van der Waals surface area contributed by atoms with E-state index in [0.717, 1.165) is 48.1 Å². The van der Waals surface area contributed by atoms with Crippen molar-refractivity contribution in [3.8, 4) is 5.75 Å². The first-order valence-corrected chi connectivity index (χ1v) is 13.0. The van der Waals surface area contributed by atoms with Crippen LogP contribution in [0, 0.1) is 11.8 Å². The highest BCUT2D eigenvalue weighted by Crippen LogP contribution is 2.58. The molecule has 4 atom stereocenters. The highest BCUT2D eigenvalue weighted by molar-refractivity contribution is 6.02. The van der Waals surface area contributed by atoms with Crippen molar-refractivity contribution in [3.63, 3.8) is 0 Å². The van der Waals surface area contributed by atoms with Crippen molar-refractivity contribution < 1.29 is 14.3 Å². The number of nitrogens with zero attached hydrogens (tertiary/aromatic N) is 2. The van der Waals surface area contributed by atoms with Gasteiger partial charge in [0.25, 0.3) is 0 Å². The van der Waals surface area contributed by atoms with E-state index in [2.05, 4.69) is 6.07 Å². The molecule has 1 saturated carbocycles. The Morgan fingerprint density at radius 1 is 0.917 bits per heavy atom. The molecule has 3 aromatic carbocycles. The number of para-hydroxylation sites is 1. The topological polar surface area (TPSA) is 49.9 Å². The molecule has 2 bridgehead atoms. The van der Waals surface area contributed by atoms with Gasteiger partial charge in [0.1, 0.15) is 11.7 Å². The summed E-state index contributed by atoms with van der Waals surface area (Å²) in [5.74, 6) is -0.239. The maximum absolute atomic E-state index is 14.5. The van der Waals surface area contributed by atoms with Gasteiger partial charge >= 0.3 is 0 Å². The van der Waals surface area contributed by atoms with E-state index < -0.39 is 11.6 Å². The van der Waals surface area contributed by atoms with Gasteiger partial charge in [0, 0.05) is 38.4 Å². The predicted molar refractivity (Wildman–Crippen MR) is 138 cm³/mol. The standard InChI is InChI=1S/C31H32N2O3/c1-32-29(34)28(27-24-16-8-9-18-26(24)36-31(32)19-11-10-17-25(27)31)30(35)33(20-22-12-4-2-5-13-22)21-23-14-6-3-7-15-23/h2-9,12-16,18,25,27-28H,10-11,17,19-21H2,1H3/t25-,27-,28+,31+/m1/s1. The molecule has 3 aromatic rings. The second kappa shape index (κ2) is 9.12. The summed E-state index contributed by atoms with van der Waals surface area (Å²) in [7, 11) is 1.84. The van der Waals surface area contributed by atoms with E-state index in [1.54, 1.807) is 4.90 Å². The number of carbonyl (C=O) groups is 2. The van der Waals surface area contributed by atoms with Gasteiger partial charge in [-0.05, 0) is 35.6 Å². The van der Waals surface area contributed by atoms with Gasteiger partial charge in [0.05, 0.1) is 0 Å². The molecule has 2 aliphatic heterocycles. The maximum Gasteiger partial charge on any atom is 0.238 e. The third kappa shape index (κ3) is 3.69. The van der Waals surface area contributed by atoms with Gasteiger partial charge in [-0.2, -0.15) is 0 Å². The Morgan fingerprint density at radius 2 is 1.53 bits per heavy atom. The fourth-order valence-electron chi connectivity index (χ4n) is 6.72. The summed E-state index contributed by atoms with van der Waals surface area (Å²) < 4.78 is 6.64. The molecule has 0 aromatic heterocycles. The zero-order chi connectivity index (χ0) is 24.7. The van der Waals surface area contributed by atoms with Crippen LogP contribution in [0.2, 0.25) is 0 Å². The molecule has 5 heteroatoms. The van der Waals surface area contributed by atoms with E-state index in [9.17, 15) is 9.59 Å². The number of benzene rings is 3. The lowest BCUT2D eigenvalue weighted by atomic mass is 9.61. The molecule has 6 rings (SSSR count). The van der Waals surface area contributed by atoms with E-state index >= 15 is 0 Å². The predicted octanol–water partition coefficient (Wildman–Crippen LogP) is 5.37. The van der Waals surface area contributed by atoms with E-state index in [4.69, 9.17) is 4.74 Å². The molecular formula is C31H32N2O3. The Bertz CT molecular complexity index is 1220. The van der Waals surface area contributed by atoms with Gasteiger partial charge in [-0.25, -0.2) is 0 Å². The number of hydrogen-bond acceptors (Lipinski definition) is 3. The largest absolute Gasteiger partial charge is 0.467 e. The molecule has 3 aliphatic rings. The lowest BCUT2D eigenvalue weighted by Gasteiger charge is -2.60. The normalized spacial score (nSPS) is 26.4. The highest BCUT2D eigenvalue weighted by atomic mass is 16.5. The minimum Gasteiger partial charge on any atom is -0.467 e. The molecule has 2 heterocycles. The second-order valence-electron chi connectivity index (χ2n) is 10.4. The first-order chi connectivity index (χ1) is 17.6. The van der Waals surface area contributed by atoms with Crippen molar-refractivity contribution in [1.29, 1.82) is 0 Å². The van der Waals surface area contributed by atoms with E-state index in [-0.39, 0.29) is 23.7 Å². The first-order valence-electron chi connectivity index (χ1n) is 13.0. The van der Waals surface area contributed by atoms with Gasteiger partial charge in [-0.15, -0.1) is 0 Å². The molecule has 36 heavy (non-hydrogen) atoms. The third-order valence-electron chi connectivity index (χ3n) is 8.41. The monoisotopic (exact) mass is 480 g/mol. The molecule has 0 unspecified atom stereocenters. The maximum atomic E-state index is 14.5. The number of hydrogen-bond donors (Lipinski definition) is 0. The molecule has 0 radical (unpaired) electrons. The number of carbonyl (C=O) groups excluding carboxylic acids is 2. The van der Waals surface area contributed by atoms with Gasteiger partial charge in [0.2, 0.25) is 11.8 Å². The number of fused-ring (bicyclic) bond motifs is 2. The fourth-order valence-corrected chi connectivity index (χ4v) is 6.72. The molecule has 2 fully saturated rings. The molecule has 5 nitrogen and oxygen atoms in total. The van der Waals surface area contributed by atoms with Crippen LogP contribution in [-0.2, 0) is 22.7 Å². The van der Waals surface area contributed by atoms with Crippen molar-refractivity contribution in [3.05, 3.63) is 102 Å². The van der Waals surface area contributed by atoms with Gasteiger partial charge < -0.3 is 14.5 Å². The molecule has 1 saturated heterocycles. The lowest BCUT2D eigenvalue weighted by Crippen LogP contribution is -2.70. The SMILES string of the molecule is CN1C(=O)[C@@H](C(=O)N(Cc2ccccc2)Cc2ccccc2)[C@@H]2c3ccccc3O[C@]13CCCC[C@H]23. The van der Waals surface area contributed by atoms with Crippen molar-refractivity contribution in [2.24, 2.45) is 11.8 Å². The summed E-state index contributed by atoms with van der Waals surface area (Å²) in [6.45, 7) is 0.922. The van der Waals surface area contributed by atoms with Gasteiger partial charge in [-0.3, -0.25) is 9.59 Å². The smallest absolute Gasteiger partial charge is 0.238 e. The summed E-state index contributed by atoms with van der Waals surface area (Å²) in [4.78, 5) is 32.2. The van der Waals surface area contributed by atoms with Gasteiger partial charge in [0.15, 0.2) is 5.72 Å². The van der Waals surface area contributed by atoms with Crippen molar-refractivity contribution in [2.45, 2.75) is 50.4 Å². The van der Waals surface area contributed by atoms with Crippen LogP contribution < -0.4 is 4.74 Å². The summed E-state index contributed by atoms with van der Waals surface area (Å²) in [5.41, 5.74) is 2.45. The average molecular weight is 481 g/mol. The Hall–Kier alpha value is -3.60. The van der Waals surface area contributed by atoms with Crippen LogP contribution in [0.1, 0.15) is 48.3 Å². The van der Waals surface area contributed by atoms with Crippen LogP contribution >= 0.6 is 0 Å².